The molecule has 31 heavy (non-hydrogen) atoms. The second-order valence-corrected chi connectivity index (χ2v) is 11.1. The minimum Gasteiger partial charge on any atom is -0.358 e. The molecule has 0 unspecified atom stereocenters. The Morgan fingerprint density at radius 3 is 2.00 bits per heavy atom. The Kier molecular flexibility index (Phi) is 5.60. The number of ether oxygens (including phenoxy) is 1. The van der Waals surface area contributed by atoms with Gasteiger partial charge in [0.15, 0.2) is 0 Å². The van der Waals surface area contributed by atoms with Gasteiger partial charge >= 0.3 is 0 Å². The highest BCUT2D eigenvalue weighted by Crippen LogP contribution is 2.39. The van der Waals surface area contributed by atoms with Gasteiger partial charge in [0, 0.05) is 44.6 Å². The minimum absolute atomic E-state index is 0.0462. The SMILES string of the molecule is O=[N+]([O-])c1ccc(S(=O)(=O)N2CCC3(CC2)OCCN3S(=O)(=O)c2ccccc2)cc1. The molecule has 2 aromatic rings. The van der Waals surface area contributed by atoms with E-state index in [1.54, 1.807) is 18.2 Å². The molecule has 4 rings (SSSR count). The van der Waals surface area contributed by atoms with Crippen LogP contribution < -0.4 is 0 Å². The number of rotatable bonds is 5. The molecule has 2 aliphatic rings. The summed E-state index contributed by atoms with van der Waals surface area (Å²) in [5.41, 5.74) is -1.28. The summed E-state index contributed by atoms with van der Waals surface area (Å²) in [7, 11) is -7.66. The van der Waals surface area contributed by atoms with Crippen LogP contribution in [0.4, 0.5) is 5.69 Å². The number of piperidine rings is 1. The Balaban J connectivity index is 1.54. The molecule has 0 radical (unpaired) electrons. The van der Waals surface area contributed by atoms with E-state index < -0.39 is 30.7 Å². The maximum atomic E-state index is 13.2. The topological polar surface area (TPSA) is 127 Å². The number of benzene rings is 2. The summed E-state index contributed by atoms with van der Waals surface area (Å²) < 4.78 is 60.7. The van der Waals surface area contributed by atoms with Crippen molar-refractivity contribution in [2.75, 3.05) is 26.2 Å². The van der Waals surface area contributed by atoms with Crippen molar-refractivity contribution < 1.29 is 26.5 Å². The van der Waals surface area contributed by atoms with Gasteiger partial charge in [-0.25, -0.2) is 16.8 Å². The highest BCUT2D eigenvalue weighted by Gasteiger charge is 2.51. The maximum Gasteiger partial charge on any atom is 0.269 e. The number of nitro groups is 1. The normalized spacial score (nSPS) is 20.1. The first-order valence-electron chi connectivity index (χ1n) is 9.63. The average Bonchev–Trinajstić information content (AvgIpc) is 3.18. The van der Waals surface area contributed by atoms with Crippen molar-refractivity contribution >= 4 is 25.7 Å². The summed E-state index contributed by atoms with van der Waals surface area (Å²) in [5.74, 6) is 0. The zero-order chi connectivity index (χ0) is 22.3. The fraction of sp³-hybridized carbons (Fsp3) is 0.368. The van der Waals surface area contributed by atoms with Crippen molar-refractivity contribution in [1.29, 1.82) is 0 Å². The van der Waals surface area contributed by atoms with Crippen LogP contribution in [0.1, 0.15) is 12.8 Å². The molecule has 1 spiro atoms. The van der Waals surface area contributed by atoms with Gasteiger partial charge in [0.2, 0.25) is 20.0 Å². The monoisotopic (exact) mass is 467 g/mol. The molecule has 2 fully saturated rings. The highest BCUT2D eigenvalue weighted by atomic mass is 32.2. The molecule has 2 aliphatic heterocycles. The summed E-state index contributed by atoms with van der Waals surface area (Å²) in [6.07, 6.45) is 0.372. The third-order valence-electron chi connectivity index (χ3n) is 5.64. The molecule has 2 saturated heterocycles. The molecule has 12 heteroatoms. The molecule has 0 N–H and O–H groups in total. The highest BCUT2D eigenvalue weighted by molar-refractivity contribution is 7.89. The summed E-state index contributed by atoms with van der Waals surface area (Å²) in [6, 6.07) is 12.8. The predicted molar refractivity (Wildman–Crippen MR) is 110 cm³/mol. The van der Waals surface area contributed by atoms with E-state index in [1.807, 2.05) is 0 Å². The Bertz CT molecular complexity index is 1170. The van der Waals surface area contributed by atoms with Crippen LogP contribution in [-0.4, -0.2) is 62.3 Å². The Morgan fingerprint density at radius 1 is 0.839 bits per heavy atom. The van der Waals surface area contributed by atoms with Crippen molar-refractivity contribution in [2.45, 2.75) is 28.4 Å². The standard InChI is InChI=1S/C19H21N3O7S2/c23-22(24)16-6-8-18(9-7-16)30(25,26)20-12-10-19(11-13-20)21(14-15-29-19)31(27,28)17-4-2-1-3-5-17/h1-9H,10-15H2. The summed E-state index contributed by atoms with van der Waals surface area (Å²) in [4.78, 5) is 10.3. The molecule has 2 heterocycles. The number of non-ortho nitro benzene ring substituents is 1. The van der Waals surface area contributed by atoms with E-state index in [-0.39, 0.29) is 54.6 Å². The van der Waals surface area contributed by atoms with Crippen LogP contribution >= 0.6 is 0 Å². The number of sulfonamides is 2. The van der Waals surface area contributed by atoms with Gasteiger partial charge in [0.1, 0.15) is 5.72 Å². The summed E-state index contributed by atoms with van der Waals surface area (Å²) in [6.45, 7) is 0.577. The van der Waals surface area contributed by atoms with E-state index in [4.69, 9.17) is 4.74 Å². The van der Waals surface area contributed by atoms with Gasteiger partial charge in [-0.15, -0.1) is 0 Å². The molecule has 166 valence electrons. The third-order valence-corrected chi connectivity index (χ3v) is 9.52. The largest absolute Gasteiger partial charge is 0.358 e. The molecular weight excluding hydrogens is 446 g/mol. The van der Waals surface area contributed by atoms with Crippen LogP contribution in [0.5, 0.6) is 0 Å². The van der Waals surface area contributed by atoms with Crippen molar-refractivity contribution in [2.24, 2.45) is 0 Å². The molecule has 0 saturated carbocycles. The molecule has 0 atom stereocenters. The Morgan fingerprint density at radius 2 is 1.42 bits per heavy atom. The van der Waals surface area contributed by atoms with Crippen LogP contribution in [0.3, 0.4) is 0 Å². The van der Waals surface area contributed by atoms with Gasteiger partial charge in [-0.3, -0.25) is 10.1 Å². The van der Waals surface area contributed by atoms with Crippen LogP contribution in [0.2, 0.25) is 0 Å². The lowest BCUT2D eigenvalue weighted by Crippen LogP contribution is -2.55. The molecular formula is C19H21N3O7S2. The van der Waals surface area contributed by atoms with E-state index >= 15 is 0 Å². The quantitative estimate of drug-likeness (QED) is 0.484. The third kappa shape index (κ3) is 3.85. The lowest BCUT2D eigenvalue weighted by Gasteiger charge is -2.42. The molecule has 0 amide bonds. The second-order valence-electron chi connectivity index (χ2n) is 7.34. The lowest BCUT2D eigenvalue weighted by atomic mass is 10.0. The Hall–Kier alpha value is -2.38. The lowest BCUT2D eigenvalue weighted by molar-refractivity contribution is -0.384. The smallest absolute Gasteiger partial charge is 0.269 e. The van der Waals surface area contributed by atoms with Crippen molar-refractivity contribution in [3.05, 3.63) is 64.7 Å². The second kappa shape index (κ2) is 7.95. The van der Waals surface area contributed by atoms with Crippen LogP contribution in [-0.2, 0) is 24.8 Å². The van der Waals surface area contributed by atoms with E-state index in [1.165, 1.54) is 32.9 Å². The van der Waals surface area contributed by atoms with Crippen molar-refractivity contribution in [3.8, 4) is 0 Å². The number of hydrogen-bond acceptors (Lipinski definition) is 7. The van der Waals surface area contributed by atoms with Gasteiger partial charge in [-0.05, 0) is 24.3 Å². The first-order chi connectivity index (χ1) is 14.7. The number of hydrogen-bond donors (Lipinski definition) is 0. The molecule has 0 aliphatic carbocycles. The van der Waals surface area contributed by atoms with Crippen molar-refractivity contribution in [1.82, 2.24) is 8.61 Å². The number of nitrogens with zero attached hydrogens (tertiary/aromatic N) is 3. The van der Waals surface area contributed by atoms with Crippen LogP contribution in [0.25, 0.3) is 0 Å². The van der Waals surface area contributed by atoms with Gasteiger partial charge < -0.3 is 4.74 Å². The minimum atomic E-state index is -3.87. The maximum absolute atomic E-state index is 13.2. The number of nitro benzene ring substituents is 1. The van der Waals surface area contributed by atoms with E-state index in [0.29, 0.717) is 0 Å². The van der Waals surface area contributed by atoms with Gasteiger partial charge in [0.05, 0.1) is 21.3 Å². The Labute approximate surface area is 180 Å². The van der Waals surface area contributed by atoms with E-state index in [9.17, 15) is 26.9 Å². The molecule has 0 bridgehead atoms. The first kappa shape index (κ1) is 21.8. The average molecular weight is 468 g/mol. The first-order valence-corrected chi connectivity index (χ1v) is 12.5. The van der Waals surface area contributed by atoms with Crippen LogP contribution in [0, 0.1) is 10.1 Å². The fourth-order valence-electron chi connectivity index (χ4n) is 4.01. The van der Waals surface area contributed by atoms with E-state index in [0.717, 1.165) is 12.1 Å². The molecule has 10 nitrogen and oxygen atoms in total. The van der Waals surface area contributed by atoms with Gasteiger partial charge in [0.25, 0.3) is 5.69 Å². The summed E-state index contributed by atoms with van der Waals surface area (Å²) >= 11 is 0. The summed E-state index contributed by atoms with van der Waals surface area (Å²) in [5, 5.41) is 10.8. The molecule has 2 aromatic carbocycles. The van der Waals surface area contributed by atoms with Crippen molar-refractivity contribution in [3.63, 3.8) is 0 Å². The van der Waals surface area contributed by atoms with Gasteiger partial charge in [-0.2, -0.15) is 8.61 Å². The predicted octanol–water partition coefficient (Wildman–Crippen LogP) is 1.80. The zero-order valence-electron chi connectivity index (χ0n) is 16.5. The van der Waals surface area contributed by atoms with Crippen LogP contribution in [0.15, 0.2) is 64.4 Å². The van der Waals surface area contributed by atoms with E-state index in [2.05, 4.69) is 0 Å². The molecule has 0 aromatic heterocycles. The zero-order valence-corrected chi connectivity index (χ0v) is 18.1. The van der Waals surface area contributed by atoms with Gasteiger partial charge in [-0.1, -0.05) is 18.2 Å². The fourth-order valence-corrected chi connectivity index (χ4v) is 7.20.